The molecular weight excluding hydrogens is 483 g/mol. The van der Waals surface area contributed by atoms with E-state index in [2.05, 4.69) is 0 Å². The molecule has 1 aliphatic rings. The molecule has 0 spiro atoms. The number of nitro benzene ring substituents is 1. The van der Waals surface area contributed by atoms with E-state index in [4.69, 9.17) is 9.47 Å². The molecule has 0 radical (unpaired) electrons. The van der Waals surface area contributed by atoms with Gasteiger partial charge in [0, 0.05) is 24.2 Å². The first-order valence-corrected chi connectivity index (χ1v) is 11.2. The van der Waals surface area contributed by atoms with E-state index in [9.17, 15) is 29.2 Å². The van der Waals surface area contributed by atoms with Crippen LogP contribution in [0.3, 0.4) is 0 Å². The molecule has 0 aliphatic carbocycles. The second-order valence-corrected chi connectivity index (χ2v) is 8.29. The molecule has 1 fully saturated rings. The minimum atomic E-state index is -1.09. The number of hydrogen-bond donors (Lipinski definition) is 1. The number of hydrogen-bond acceptors (Lipinski definition) is 7. The van der Waals surface area contributed by atoms with E-state index < -0.39 is 34.2 Å². The van der Waals surface area contributed by atoms with Crippen molar-refractivity contribution in [2.45, 2.75) is 12.5 Å². The number of carbonyl (C=O) groups is 2. The number of carbonyl (C=O) groups excluding carboxylic acids is 2. The van der Waals surface area contributed by atoms with Gasteiger partial charge in [0.25, 0.3) is 17.4 Å². The molecule has 0 bridgehead atoms. The second-order valence-electron chi connectivity index (χ2n) is 8.29. The fraction of sp³-hybridized carbons (Fsp3) is 0.185. The Bertz CT molecular complexity index is 1400. The predicted molar refractivity (Wildman–Crippen MR) is 132 cm³/mol. The third-order valence-electron chi connectivity index (χ3n) is 6.14. The van der Waals surface area contributed by atoms with E-state index in [0.29, 0.717) is 17.9 Å². The van der Waals surface area contributed by atoms with E-state index in [1.54, 1.807) is 24.3 Å². The van der Waals surface area contributed by atoms with Gasteiger partial charge in [-0.1, -0.05) is 18.2 Å². The Morgan fingerprint density at radius 3 is 2.38 bits per heavy atom. The summed E-state index contributed by atoms with van der Waals surface area (Å²) in [5.74, 6) is -1.81. The highest BCUT2D eigenvalue weighted by molar-refractivity contribution is 6.46. The number of non-ortho nitro benzene ring substituents is 1. The fourth-order valence-corrected chi connectivity index (χ4v) is 4.31. The van der Waals surface area contributed by atoms with Crippen LogP contribution in [0.4, 0.5) is 10.1 Å². The molecule has 190 valence electrons. The highest BCUT2D eigenvalue weighted by Gasteiger charge is 2.46. The number of likely N-dealkylation sites (tertiary alicyclic amines) is 1. The number of nitro groups is 1. The molecular formula is C27H23FN2O7. The van der Waals surface area contributed by atoms with Crippen LogP contribution in [0.2, 0.25) is 0 Å². The number of nitrogens with zero attached hydrogens (tertiary/aromatic N) is 2. The molecule has 4 rings (SSSR count). The number of ether oxygens (including phenoxy) is 2. The zero-order valence-electron chi connectivity index (χ0n) is 20.0. The smallest absolute Gasteiger partial charge is 0.295 e. The Morgan fingerprint density at radius 1 is 1.03 bits per heavy atom. The number of aliphatic hydroxyl groups excluding tert-OH is 1. The summed E-state index contributed by atoms with van der Waals surface area (Å²) in [4.78, 5) is 38.4. The second kappa shape index (κ2) is 10.5. The van der Waals surface area contributed by atoms with Crippen molar-refractivity contribution < 1.29 is 33.5 Å². The Morgan fingerprint density at radius 2 is 1.73 bits per heavy atom. The lowest BCUT2D eigenvalue weighted by atomic mass is 9.95. The van der Waals surface area contributed by atoms with Gasteiger partial charge in [0.1, 0.15) is 11.6 Å². The van der Waals surface area contributed by atoms with Crippen molar-refractivity contribution in [3.05, 3.63) is 105 Å². The Balaban J connectivity index is 1.78. The van der Waals surface area contributed by atoms with Crippen molar-refractivity contribution in [1.82, 2.24) is 4.90 Å². The monoisotopic (exact) mass is 506 g/mol. The van der Waals surface area contributed by atoms with Gasteiger partial charge in [-0.2, -0.15) is 0 Å². The third-order valence-corrected chi connectivity index (χ3v) is 6.14. The van der Waals surface area contributed by atoms with Crippen molar-refractivity contribution in [2.75, 3.05) is 20.8 Å². The lowest BCUT2D eigenvalue weighted by molar-refractivity contribution is -0.384. The van der Waals surface area contributed by atoms with Crippen LogP contribution < -0.4 is 9.47 Å². The van der Waals surface area contributed by atoms with Gasteiger partial charge in [-0.15, -0.1) is 0 Å². The number of rotatable bonds is 8. The van der Waals surface area contributed by atoms with Gasteiger partial charge in [-0.3, -0.25) is 19.7 Å². The zero-order valence-corrected chi connectivity index (χ0v) is 20.0. The van der Waals surface area contributed by atoms with Gasteiger partial charge in [0.15, 0.2) is 11.5 Å². The molecule has 9 nitrogen and oxygen atoms in total. The van der Waals surface area contributed by atoms with Gasteiger partial charge >= 0.3 is 0 Å². The summed E-state index contributed by atoms with van der Waals surface area (Å²) >= 11 is 0. The molecule has 3 aromatic rings. The van der Waals surface area contributed by atoms with Gasteiger partial charge in [0.2, 0.25) is 0 Å². The normalized spacial score (nSPS) is 16.6. The first kappa shape index (κ1) is 25.4. The predicted octanol–water partition coefficient (Wildman–Crippen LogP) is 4.42. The van der Waals surface area contributed by atoms with Gasteiger partial charge in [-0.05, 0) is 53.9 Å². The van der Waals surface area contributed by atoms with Crippen LogP contribution in [-0.4, -0.2) is 47.4 Å². The van der Waals surface area contributed by atoms with E-state index in [-0.39, 0.29) is 28.9 Å². The molecule has 0 aromatic heterocycles. The maximum absolute atomic E-state index is 13.4. The fourth-order valence-electron chi connectivity index (χ4n) is 4.31. The summed E-state index contributed by atoms with van der Waals surface area (Å²) in [5.41, 5.74) is 0.740. The van der Waals surface area contributed by atoms with E-state index in [1.165, 1.54) is 49.5 Å². The van der Waals surface area contributed by atoms with Crippen LogP contribution in [0, 0.1) is 15.9 Å². The lowest BCUT2D eigenvalue weighted by Gasteiger charge is -2.25. The molecule has 1 heterocycles. The molecule has 10 heteroatoms. The number of halogens is 1. The molecule has 1 saturated heterocycles. The first-order valence-electron chi connectivity index (χ1n) is 11.2. The molecule has 1 unspecified atom stereocenters. The van der Waals surface area contributed by atoms with Crippen molar-refractivity contribution in [1.29, 1.82) is 0 Å². The number of amides is 1. The maximum atomic E-state index is 13.4. The number of methoxy groups -OCH3 is 2. The molecule has 37 heavy (non-hydrogen) atoms. The molecule has 0 saturated carbocycles. The summed E-state index contributed by atoms with van der Waals surface area (Å²) in [5, 5.41) is 22.4. The van der Waals surface area contributed by atoms with Crippen molar-refractivity contribution in [3.63, 3.8) is 0 Å². The summed E-state index contributed by atoms with van der Waals surface area (Å²) < 4.78 is 24.0. The van der Waals surface area contributed by atoms with Crippen LogP contribution in [0.15, 0.2) is 72.3 Å². The molecule has 1 N–H and O–H groups in total. The minimum absolute atomic E-state index is 0.0631. The summed E-state index contributed by atoms with van der Waals surface area (Å²) in [6.45, 7) is 0.0631. The van der Waals surface area contributed by atoms with E-state index >= 15 is 0 Å². The molecule has 3 aromatic carbocycles. The van der Waals surface area contributed by atoms with Crippen LogP contribution >= 0.6 is 0 Å². The number of Topliss-reactive ketones (excluding diaryl/α,β-unsaturated/α-hetero) is 1. The average Bonchev–Trinajstić information content (AvgIpc) is 3.16. The van der Waals surface area contributed by atoms with Gasteiger partial charge < -0.3 is 19.5 Å². The third kappa shape index (κ3) is 4.99. The minimum Gasteiger partial charge on any atom is -0.507 e. The van der Waals surface area contributed by atoms with E-state index in [1.807, 2.05) is 0 Å². The highest BCUT2D eigenvalue weighted by atomic mass is 19.1. The number of aliphatic hydroxyl groups is 1. The summed E-state index contributed by atoms with van der Waals surface area (Å²) in [6, 6.07) is 14.5. The Kier molecular flexibility index (Phi) is 7.19. The standard InChI is InChI=1S/C27H23FN2O7/c1-36-21-11-6-16(14-22(21)37-2)12-13-29-24(18-4-3-5-20(15-18)30(34)35)23(26(32)27(29)33)25(31)17-7-9-19(28)10-8-17/h3-11,14-15,24,31H,12-13H2,1-2H3/b25-23-. The van der Waals surface area contributed by atoms with Crippen molar-refractivity contribution in [3.8, 4) is 11.5 Å². The summed E-state index contributed by atoms with van der Waals surface area (Å²) in [7, 11) is 3.01. The van der Waals surface area contributed by atoms with E-state index in [0.717, 1.165) is 17.7 Å². The van der Waals surface area contributed by atoms with Gasteiger partial charge in [0.05, 0.1) is 30.8 Å². The first-order chi connectivity index (χ1) is 17.7. The maximum Gasteiger partial charge on any atom is 0.295 e. The van der Waals surface area contributed by atoms with Gasteiger partial charge in [-0.25, -0.2) is 4.39 Å². The zero-order chi connectivity index (χ0) is 26.7. The highest BCUT2D eigenvalue weighted by Crippen LogP contribution is 2.40. The Labute approximate surface area is 211 Å². The lowest BCUT2D eigenvalue weighted by Crippen LogP contribution is -2.31. The molecule has 1 amide bonds. The van der Waals surface area contributed by atoms with Crippen molar-refractivity contribution >= 4 is 23.1 Å². The summed E-state index contributed by atoms with van der Waals surface area (Å²) in [6.07, 6.45) is 0.315. The Hall–Kier alpha value is -4.73. The van der Waals surface area contributed by atoms with Crippen LogP contribution in [0.1, 0.15) is 22.7 Å². The molecule has 1 aliphatic heterocycles. The quantitative estimate of drug-likeness (QED) is 0.158. The van der Waals surface area contributed by atoms with Crippen LogP contribution in [0.25, 0.3) is 5.76 Å². The topological polar surface area (TPSA) is 119 Å². The largest absolute Gasteiger partial charge is 0.507 e. The number of ketones is 1. The average molecular weight is 506 g/mol. The van der Waals surface area contributed by atoms with Crippen LogP contribution in [-0.2, 0) is 16.0 Å². The SMILES string of the molecule is COc1ccc(CCN2C(=O)C(=O)/C(=C(\O)c3ccc(F)cc3)C2c2cccc([N+](=O)[O-])c2)cc1OC. The van der Waals surface area contributed by atoms with Crippen molar-refractivity contribution in [2.24, 2.45) is 0 Å². The molecule has 1 atom stereocenters. The number of benzene rings is 3. The van der Waals surface area contributed by atoms with Crippen LogP contribution in [0.5, 0.6) is 11.5 Å².